The highest BCUT2D eigenvalue weighted by Crippen LogP contribution is 2.24. The molecular weight excluding hydrogens is 178 g/mol. The van der Waals surface area contributed by atoms with Crippen LogP contribution in [0.4, 0.5) is 0 Å². The molecule has 0 aliphatic carbocycles. The lowest BCUT2D eigenvalue weighted by atomic mass is 9.85. The first kappa shape index (κ1) is 10.1. The Morgan fingerprint density at radius 2 is 1.93 bits per heavy atom. The van der Waals surface area contributed by atoms with Gasteiger partial charge in [-0.15, -0.1) is 0 Å². The Morgan fingerprint density at radius 3 is 2.50 bits per heavy atom. The predicted octanol–water partition coefficient (Wildman–Crippen LogP) is 0.934. The molecule has 2 aliphatic heterocycles. The molecule has 14 heavy (non-hydrogen) atoms. The van der Waals surface area contributed by atoms with E-state index >= 15 is 0 Å². The fourth-order valence-electron chi connectivity index (χ4n) is 2.39. The number of rotatable bonds is 2. The number of carbonyl (C=O) groups excluding carboxylic acids is 1. The molecule has 0 aromatic heterocycles. The van der Waals surface area contributed by atoms with Gasteiger partial charge in [0, 0.05) is 18.4 Å². The molecule has 2 aliphatic rings. The molecule has 0 amide bonds. The lowest BCUT2D eigenvalue weighted by molar-refractivity contribution is -0.128. The van der Waals surface area contributed by atoms with Crippen LogP contribution in [-0.2, 0) is 9.53 Å². The second-order valence-corrected chi connectivity index (χ2v) is 4.54. The van der Waals surface area contributed by atoms with Gasteiger partial charge in [-0.3, -0.25) is 4.79 Å². The van der Waals surface area contributed by atoms with E-state index in [0.29, 0.717) is 18.3 Å². The van der Waals surface area contributed by atoms with E-state index in [4.69, 9.17) is 4.74 Å². The summed E-state index contributed by atoms with van der Waals surface area (Å²) in [6.07, 6.45) is 3.04. The number of ether oxygens (including phenoxy) is 1. The highest BCUT2D eigenvalue weighted by Gasteiger charge is 2.31. The molecule has 0 saturated carbocycles. The summed E-state index contributed by atoms with van der Waals surface area (Å²) in [4.78, 5) is 14.3. The van der Waals surface area contributed by atoms with Crippen molar-refractivity contribution < 1.29 is 9.53 Å². The van der Waals surface area contributed by atoms with E-state index < -0.39 is 0 Å². The third kappa shape index (κ3) is 2.15. The molecule has 0 spiro atoms. The normalized spacial score (nSPS) is 30.8. The molecule has 2 fully saturated rings. The summed E-state index contributed by atoms with van der Waals surface area (Å²) in [7, 11) is 2.12. The molecule has 0 radical (unpaired) electrons. The topological polar surface area (TPSA) is 29.5 Å². The van der Waals surface area contributed by atoms with Crippen LogP contribution in [0.3, 0.4) is 0 Å². The van der Waals surface area contributed by atoms with Crippen LogP contribution < -0.4 is 0 Å². The molecular formula is C11H19NO2. The Kier molecular flexibility index (Phi) is 3.19. The van der Waals surface area contributed by atoms with E-state index in [1.165, 1.54) is 0 Å². The number of Topliss-reactive ketones (excluding diaryl/α,β-unsaturated/α-hetero) is 1. The van der Waals surface area contributed by atoms with Crippen molar-refractivity contribution in [2.45, 2.75) is 19.3 Å². The summed E-state index contributed by atoms with van der Waals surface area (Å²) in [5.41, 5.74) is 0. The summed E-state index contributed by atoms with van der Waals surface area (Å²) < 4.78 is 5.26. The van der Waals surface area contributed by atoms with Crippen LogP contribution in [0, 0.1) is 11.8 Å². The first-order chi connectivity index (χ1) is 6.77. The van der Waals surface area contributed by atoms with Gasteiger partial charge in [-0.1, -0.05) is 0 Å². The SMILES string of the molecule is CN1CCC(C(=O)C2CCOC2)CC1. The van der Waals surface area contributed by atoms with Crippen molar-refractivity contribution in [2.75, 3.05) is 33.4 Å². The van der Waals surface area contributed by atoms with E-state index in [-0.39, 0.29) is 5.92 Å². The molecule has 2 heterocycles. The predicted molar refractivity (Wildman–Crippen MR) is 54.2 cm³/mol. The van der Waals surface area contributed by atoms with Crippen LogP contribution in [-0.4, -0.2) is 44.0 Å². The summed E-state index contributed by atoms with van der Waals surface area (Å²) in [6, 6.07) is 0. The van der Waals surface area contributed by atoms with Crippen molar-refractivity contribution in [3.8, 4) is 0 Å². The van der Waals surface area contributed by atoms with Crippen LogP contribution >= 0.6 is 0 Å². The van der Waals surface area contributed by atoms with Gasteiger partial charge in [0.15, 0.2) is 0 Å². The van der Waals surface area contributed by atoms with Gasteiger partial charge in [0.1, 0.15) is 5.78 Å². The minimum atomic E-state index is 0.211. The first-order valence-corrected chi connectivity index (χ1v) is 5.57. The van der Waals surface area contributed by atoms with E-state index in [0.717, 1.165) is 39.0 Å². The van der Waals surface area contributed by atoms with E-state index in [1.54, 1.807) is 0 Å². The fraction of sp³-hybridized carbons (Fsp3) is 0.909. The molecule has 2 rings (SSSR count). The monoisotopic (exact) mass is 197 g/mol. The number of hydrogen-bond donors (Lipinski definition) is 0. The molecule has 0 aromatic carbocycles. The third-order valence-corrected chi connectivity index (χ3v) is 3.45. The molecule has 1 atom stereocenters. The summed E-state index contributed by atoms with van der Waals surface area (Å²) in [5, 5.41) is 0. The van der Waals surface area contributed by atoms with Crippen molar-refractivity contribution in [1.29, 1.82) is 0 Å². The van der Waals surface area contributed by atoms with Crippen molar-refractivity contribution >= 4 is 5.78 Å². The molecule has 1 unspecified atom stereocenters. The molecule has 0 bridgehead atoms. The molecule has 2 saturated heterocycles. The second-order valence-electron chi connectivity index (χ2n) is 4.54. The fourth-order valence-corrected chi connectivity index (χ4v) is 2.39. The first-order valence-electron chi connectivity index (χ1n) is 5.57. The minimum absolute atomic E-state index is 0.211. The van der Waals surface area contributed by atoms with Gasteiger partial charge in [-0.2, -0.15) is 0 Å². The zero-order chi connectivity index (χ0) is 9.97. The average Bonchev–Trinajstić information content (AvgIpc) is 2.71. The zero-order valence-electron chi connectivity index (χ0n) is 8.87. The molecule has 0 aromatic rings. The van der Waals surface area contributed by atoms with E-state index in [1.807, 2.05) is 0 Å². The Balaban J connectivity index is 1.85. The van der Waals surface area contributed by atoms with Crippen molar-refractivity contribution in [3.05, 3.63) is 0 Å². The van der Waals surface area contributed by atoms with Gasteiger partial charge < -0.3 is 9.64 Å². The van der Waals surface area contributed by atoms with Gasteiger partial charge in [0.05, 0.1) is 6.61 Å². The molecule has 80 valence electrons. The number of hydrogen-bond acceptors (Lipinski definition) is 3. The van der Waals surface area contributed by atoms with Crippen LogP contribution in [0.2, 0.25) is 0 Å². The van der Waals surface area contributed by atoms with E-state index in [9.17, 15) is 4.79 Å². The van der Waals surface area contributed by atoms with Gasteiger partial charge in [-0.25, -0.2) is 0 Å². The second kappa shape index (κ2) is 4.41. The summed E-state index contributed by atoms with van der Waals surface area (Å²) in [6.45, 7) is 3.60. The quantitative estimate of drug-likeness (QED) is 0.659. The standard InChI is InChI=1S/C11H19NO2/c1-12-5-2-9(3-6-12)11(13)10-4-7-14-8-10/h9-10H,2-8H2,1H3. The van der Waals surface area contributed by atoms with E-state index in [2.05, 4.69) is 11.9 Å². The zero-order valence-corrected chi connectivity index (χ0v) is 8.87. The Hall–Kier alpha value is -0.410. The highest BCUT2D eigenvalue weighted by molar-refractivity contribution is 5.83. The van der Waals surface area contributed by atoms with Crippen LogP contribution in [0.1, 0.15) is 19.3 Å². The lowest BCUT2D eigenvalue weighted by Crippen LogP contribution is -2.36. The number of likely N-dealkylation sites (tertiary alicyclic amines) is 1. The maximum Gasteiger partial charge on any atom is 0.141 e. The van der Waals surface area contributed by atoms with Crippen LogP contribution in [0.15, 0.2) is 0 Å². The third-order valence-electron chi connectivity index (χ3n) is 3.45. The summed E-state index contributed by atoms with van der Waals surface area (Å²) in [5.74, 6) is 0.997. The van der Waals surface area contributed by atoms with Gasteiger partial charge in [0.2, 0.25) is 0 Å². The van der Waals surface area contributed by atoms with Gasteiger partial charge in [0.25, 0.3) is 0 Å². The Labute approximate surface area is 85.4 Å². The lowest BCUT2D eigenvalue weighted by Gasteiger charge is -2.29. The smallest absolute Gasteiger partial charge is 0.141 e. The maximum atomic E-state index is 12.0. The Morgan fingerprint density at radius 1 is 1.21 bits per heavy atom. The minimum Gasteiger partial charge on any atom is -0.381 e. The van der Waals surface area contributed by atoms with Crippen molar-refractivity contribution in [1.82, 2.24) is 4.90 Å². The summed E-state index contributed by atoms with van der Waals surface area (Å²) >= 11 is 0. The van der Waals surface area contributed by atoms with Gasteiger partial charge >= 0.3 is 0 Å². The highest BCUT2D eigenvalue weighted by atomic mass is 16.5. The van der Waals surface area contributed by atoms with Crippen molar-refractivity contribution in [3.63, 3.8) is 0 Å². The average molecular weight is 197 g/mol. The molecule has 3 heteroatoms. The van der Waals surface area contributed by atoms with Crippen LogP contribution in [0.5, 0.6) is 0 Å². The van der Waals surface area contributed by atoms with Crippen molar-refractivity contribution in [2.24, 2.45) is 11.8 Å². The number of ketones is 1. The number of carbonyl (C=O) groups is 1. The maximum absolute atomic E-state index is 12.0. The molecule has 0 N–H and O–H groups in total. The largest absolute Gasteiger partial charge is 0.381 e. The van der Waals surface area contributed by atoms with Crippen LogP contribution in [0.25, 0.3) is 0 Å². The number of piperidine rings is 1. The van der Waals surface area contributed by atoms with Gasteiger partial charge in [-0.05, 0) is 39.4 Å². The Bertz CT molecular complexity index is 203. The number of nitrogens with zero attached hydrogens (tertiary/aromatic N) is 1. The molecule has 3 nitrogen and oxygen atoms in total.